The van der Waals surface area contributed by atoms with Crippen molar-refractivity contribution in [2.45, 2.75) is 16.8 Å². The molecule has 0 amide bonds. The molecule has 1 aromatic carbocycles. The summed E-state index contributed by atoms with van der Waals surface area (Å²) < 4.78 is 2.62. The summed E-state index contributed by atoms with van der Waals surface area (Å²) in [7, 11) is 1.94. The lowest BCUT2D eigenvalue weighted by molar-refractivity contribution is 0.599. The van der Waals surface area contributed by atoms with Gasteiger partial charge in [0, 0.05) is 41.0 Å². The second kappa shape index (κ2) is 6.07. The third-order valence-corrected chi connectivity index (χ3v) is 5.70. The fourth-order valence-corrected chi connectivity index (χ4v) is 3.74. The number of aryl methyl sites for hydroxylation is 1. The Hall–Kier alpha value is -1.70. The van der Waals surface area contributed by atoms with Gasteiger partial charge < -0.3 is 4.90 Å². The molecule has 3 heterocycles. The van der Waals surface area contributed by atoms with Gasteiger partial charge in [0.2, 0.25) is 0 Å². The summed E-state index contributed by atoms with van der Waals surface area (Å²) in [6.45, 7) is 2.11. The number of hydrogen-bond acceptors (Lipinski definition) is 4. The van der Waals surface area contributed by atoms with Crippen LogP contribution in [0.1, 0.15) is 12.8 Å². The van der Waals surface area contributed by atoms with Gasteiger partial charge in [0.25, 0.3) is 0 Å². The Kier molecular flexibility index (Phi) is 3.92. The molecule has 0 N–H and O–H groups in total. The van der Waals surface area contributed by atoms with E-state index < -0.39 is 0 Å². The zero-order valence-electron chi connectivity index (χ0n) is 13.0. The third-order valence-electron chi connectivity index (χ3n) is 4.46. The van der Waals surface area contributed by atoms with Crippen LogP contribution in [0.3, 0.4) is 0 Å². The molecule has 0 atom stereocenters. The maximum absolute atomic E-state index is 4.58. The van der Waals surface area contributed by atoms with E-state index in [-0.39, 0.29) is 0 Å². The number of piperidine rings is 1. The number of benzene rings is 1. The van der Waals surface area contributed by atoms with E-state index in [0.29, 0.717) is 0 Å². The highest BCUT2D eigenvalue weighted by atomic mass is 127. The largest absolute Gasteiger partial charge is 0.355 e. The van der Waals surface area contributed by atoms with Crippen molar-refractivity contribution in [2.75, 3.05) is 18.0 Å². The summed E-state index contributed by atoms with van der Waals surface area (Å²) in [6, 6.07) is 10.4. The molecule has 0 unspecified atom stereocenters. The molecule has 1 saturated heterocycles. The highest BCUT2D eigenvalue weighted by molar-refractivity contribution is 14.1. The molecule has 4 rings (SSSR count). The molecular formula is C17H18IN5. The van der Waals surface area contributed by atoms with Crippen molar-refractivity contribution in [2.24, 2.45) is 7.05 Å². The molecule has 0 spiro atoms. The van der Waals surface area contributed by atoms with Gasteiger partial charge in [-0.25, -0.2) is 0 Å². The SMILES string of the molecule is Cn1nccc1-c1nnc(N2CCC(I)CC2)c2ccccc12. The number of halogens is 1. The van der Waals surface area contributed by atoms with Crippen molar-refractivity contribution in [3.8, 4) is 11.4 Å². The number of hydrogen-bond donors (Lipinski definition) is 0. The number of anilines is 1. The van der Waals surface area contributed by atoms with E-state index in [2.05, 4.69) is 67.1 Å². The van der Waals surface area contributed by atoms with E-state index in [4.69, 9.17) is 0 Å². The Morgan fingerprint density at radius 1 is 1.04 bits per heavy atom. The summed E-state index contributed by atoms with van der Waals surface area (Å²) in [5.74, 6) is 1.01. The van der Waals surface area contributed by atoms with Gasteiger partial charge >= 0.3 is 0 Å². The predicted octanol–water partition coefficient (Wildman–Crippen LogP) is 3.43. The van der Waals surface area contributed by atoms with E-state index in [1.165, 1.54) is 18.2 Å². The maximum Gasteiger partial charge on any atom is 0.159 e. The van der Waals surface area contributed by atoms with Crippen LogP contribution in [0.2, 0.25) is 0 Å². The second-order valence-corrected chi connectivity index (χ2v) is 7.68. The predicted molar refractivity (Wildman–Crippen MR) is 101 cm³/mol. The molecule has 0 saturated carbocycles. The zero-order chi connectivity index (χ0) is 15.8. The zero-order valence-corrected chi connectivity index (χ0v) is 15.1. The molecule has 23 heavy (non-hydrogen) atoms. The molecule has 1 fully saturated rings. The molecule has 1 aliphatic rings. The molecule has 0 bridgehead atoms. The Balaban J connectivity index is 1.84. The first-order chi connectivity index (χ1) is 11.2. The highest BCUT2D eigenvalue weighted by Gasteiger charge is 2.21. The fourth-order valence-electron chi connectivity index (χ4n) is 3.18. The van der Waals surface area contributed by atoms with Crippen LogP contribution in [0.25, 0.3) is 22.2 Å². The van der Waals surface area contributed by atoms with Crippen molar-refractivity contribution in [1.29, 1.82) is 0 Å². The third kappa shape index (κ3) is 2.69. The quantitative estimate of drug-likeness (QED) is 0.472. The Labute approximate surface area is 148 Å². The number of nitrogens with zero attached hydrogens (tertiary/aromatic N) is 5. The van der Waals surface area contributed by atoms with Gasteiger partial charge in [0.1, 0.15) is 5.69 Å². The minimum Gasteiger partial charge on any atom is -0.355 e. The van der Waals surface area contributed by atoms with Crippen LogP contribution in [0.4, 0.5) is 5.82 Å². The lowest BCUT2D eigenvalue weighted by atomic mass is 10.1. The first-order valence-electron chi connectivity index (χ1n) is 7.87. The van der Waals surface area contributed by atoms with Crippen LogP contribution in [-0.4, -0.2) is 37.0 Å². The van der Waals surface area contributed by atoms with E-state index in [1.807, 2.05) is 17.8 Å². The summed E-state index contributed by atoms with van der Waals surface area (Å²) in [4.78, 5) is 2.37. The number of rotatable bonds is 2. The van der Waals surface area contributed by atoms with Gasteiger partial charge in [0.05, 0.1) is 5.69 Å². The highest BCUT2D eigenvalue weighted by Crippen LogP contribution is 2.32. The van der Waals surface area contributed by atoms with Crippen molar-refractivity contribution in [3.05, 3.63) is 36.5 Å². The summed E-state index contributed by atoms with van der Waals surface area (Å²) in [5, 5.41) is 15.7. The van der Waals surface area contributed by atoms with Crippen molar-refractivity contribution in [3.63, 3.8) is 0 Å². The smallest absolute Gasteiger partial charge is 0.159 e. The van der Waals surface area contributed by atoms with Gasteiger partial charge in [0.15, 0.2) is 5.82 Å². The van der Waals surface area contributed by atoms with Crippen LogP contribution >= 0.6 is 22.6 Å². The summed E-state index contributed by atoms with van der Waals surface area (Å²) in [5.41, 5.74) is 1.89. The van der Waals surface area contributed by atoms with Crippen LogP contribution in [0.15, 0.2) is 36.5 Å². The van der Waals surface area contributed by atoms with Gasteiger partial charge in [-0.05, 0) is 18.9 Å². The number of alkyl halides is 1. The van der Waals surface area contributed by atoms with Crippen LogP contribution in [0, 0.1) is 0 Å². The van der Waals surface area contributed by atoms with Crippen molar-refractivity contribution >= 4 is 39.2 Å². The van der Waals surface area contributed by atoms with E-state index >= 15 is 0 Å². The average Bonchev–Trinajstić information content (AvgIpc) is 3.01. The Morgan fingerprint density at radius 2 is 1.78 bits per heavy atom. The van der Waals surface area contributed by atoms with E-state index in [0.717, 1.165) is 39.6 Å². The average molecular weight is 419 g/mol. The second-order valence-electron chi connectivity index (χ2n) is 5.92. The first-order valence-corrected chi connectivity index (χ1v) is 9.11. The van der Waals surface area contributed by atoms with E-state index in [1.54, 1.807) is 6.20 Å². The summed E-state index contributed by atoms with van der Waals surface area (Å²) in [6.07, 6.45) is 4.21. The molecular weight excluding hydrogens is 401 g/mol. The lowest BCUT2D eigenvalue weighted by Crippen LogP contribution is -2.34. The molecule has 118 valence electrons. The lowest BCUT2D eigenvalue weighted by Gasteiger charge is -2.31. The van der Waals surface area contributed by atoms with Crippen LogP contribution < -0.4 is 4.90 Å². The monoisotopic (exact) mass is 419 g/mol. The molecule has 5 nitrogen and oxygen atoms in total. The molecule has 0 aliphatic carbocycles. The molecule has 1 aliphatic heterocycles. The topological polar surface area (TPSA) is 46.8 Å². The van der Waals surface area contributed by atoms with Crippen molar-refractivity contribution in [1.82, 2.24) is 20.0 Å². The molecule has 3 aromatic rings. The van der Waals surface area contributed by atoms with Gasteiger partial charge in [-0.15, -0.1) is 10.2 Å². The number of fused-ring (bicyclic) bond motifs is 1. The minimum absolute atomic E-state index is 0.775. The molecule has 6 heteroatoms. The minimum atomic E-state index is 0.775. The number of aromatic nitrogens is 4. The first kappa shape index (κ1) is 14.9. The Bertz CT molecular complexity index is 836. The normalized spacial score (nSPS) is 16.2. The standard InChI is InChI=1S/C17H18IN5/c1-22-15(6-9-19-22)16-13-4-2-3-5-14(13)17(21-20-16)23-10-7-12(18)8-11-23/h2-6,9,12H,7-8,10-11H2,1H3. The van der Waals surface area contributed by atoms with Crippen LogP contribution in [-0.2, 0) is 7.05 Å². The van der Waals surface area contributed by atoms with Gasteiger partial charge in [-0.3, -0.25) is 4.68 Å². The molecule has 2 aromatic heterocycles. The summed E-state index contributed by atoms with van der Waals surface area (Å²) >= 11 is 2.55. The Morgan fingerprint density at radius 3 is 2.48 bits per heavy atom. The fraction of sp³-hybridized carbons (Fsp3) is 0.353. The van der Waals surface area contributed by atoms with E-state index in [9.17, 15) is 0 Å². The maximum atomic E-state index is 4.58. The van der Waals surface area contributed by atoms with Crippen LogP contribution in [0.5, 0.6) is 0 Å². The van der Waals surface area contributed by atoms with Gasteiger partial charge in [-0.2, -0.15) is 5.10 Å². The molecule has 0 radical (unpaired) electrons. The van der Waals surface area contributed by atoms with Gasteiger partial charge in [-0.1, -0.05) is 46.9 Å². The van der Waals surface area contributed by atoms with Crippen molar-refractivity contribution < 1.29 is 0 Å².